The van der Waals surface area contributed by atoms with Gasteiger partial charge >= 0.3 is 11.9 Å². The molecule has 1 aliphatic rings. The Morgan fingerprint density at radius 2 is 1.08 bits per heavy atom. The van der Waals surface area contributed by atoms with E-state index in [1.54, 1.807) is 67.8 Å². The molecule has 0 radical (unpaired) electrons. The van der Waals surface area contributed by atoms with Gasteiger partial charge < -0.3 is 18.9 Å². The first-order valence-corrected chi connectivity index (χ1v) is 12.1. The van der Waals surface area contributed by atoms with Crippen LogP contribution in [0.5, 0.6) is 23.0 Å². The van der Waals surface area contributed by atoms with E-state index in [1.165, 1.54) is 0 Å². The standard InChI is InChI=1S/C31H26O6/c1-4-35-23-11-7-21(8-12-23)31(33)37-25-14-16-27-26-15-13-24(17-28(26)19(2)29(27)18-25)36-30(32)20-5-9-22(34-3)10-6-20/h5-19H,4H2,1-3H3. The molecule has 0 bridgehead atoms. The van der Waals surface area contributed by atoms with E-state index in [0.29, 0.717) is 40.7 Å². The highest BCUT2D eigenvalue weighted by Gasteiger charge is 2.27. The van der Waals surface area contributed by atoms with Crippen molar-refractivity contribution in [1.29, 1.82) is 0 Å². The number of rotatable bonds is 7. The molecule has 4 aromatic rings. The largest absolute Gasteiger partial charge is 0.497 e. The highest BCUT2D eigenvalue weighted by molar-refractivity contribution is 5.92. The molecule has 0 aliphatic heterocycles. The van der Waals surface area contributed by atoms with Crippen LogP contribution in [0.25, 0.3) is 11.1 Å². The molecule has 0 fully saturated rings. The van der Waals surface area contributed by atoms with Gasteiger partial charge in [-0.05, 0) is 102 Å². The molecule has 0 saturated heterocycles. The molecule has 186 valence electrons. The van der Waals surface area contributed by atoms with E-state index in [4.69, 9.17) is 18.9 Å². The maximum absolute atomic E-state index is 12.7. The molecule has 0 spiro atoms. The van der Waals surface area contributed by atoms with Crippen LogP contribution in [-0.2, 0) is 0 Å². The third-order valence-corrected chi connectivity index (χ3v) is 6.42. The zero-order valence-electron chi connectivity index (χ0n) is 20.8. The van der Waals surface area contributed by atoms with Crippen LogP contribution in [0.2, 0.25) is 0 Å². The molecule has 5 rings (SSSR count). The summed E-state index contributed by atoms with van der Waals surface area (Å²) in [5, 5.41) is 0. The molecule has 1 atom stereocenters. The summed E-state index contributed by atoms with van der Waals surface area (Å²) in [6, 6.07) is 25.0. The lowest BCUT2D eigenvalue weighted by atomic mass is 9.99. The van der Waals surface area contributed by atoms with Crippen molar-refractivity contribution in [1.82, 2.24) is 0 Å². The average Bonchev–Trinajstić information content (AvgIpc) is 3.20. The normalized spacial score (nSPS) is 13.3. The van der Waals surface area contributed by atoms with Crippen LogP contribution >= 0.6 is 0 Å². The number of esters is 2. The lowest BCUT2D eigenvalue weighted by Crippen LogP contribution is -2.08. The predicted octanol–water partition coefficient (Wildman–Crippen LogP) is 6.66. The third kappa shape index (κ3) is 4.91. The summed E-state index contributed by atoms with van der Waals surface area (Å²) >= 11 is 0. The monoisotopic (exact) mass is 494 g/mol. The number of hydrogen-bond donors (Lipinski definition) is 0. The van der Waals surface area contributed by atoms with Crippen LogP contribution < -0.4 is 18.9 Å². The lowest BCUT2D eigenvalue weighted by Gasteiger charge is -2.10. The molecule has 6 nitrogen and oxygen atoms in total. The molecule has 1 unspecified atom stereocenters. The number of carbonyl (C=O) groups is 2. The van der Waals surface area contributed by atoms with Crippen molar-refractivity contribution in [3.63, 3.8) is 0 Å². The molecule has 0 aromatic heterocycles. The minimum atomic E-state index is -0.436. The highest BCUT2D eigenvalue weighted by atomic mass is 16.5. The number of fused-ring (bicyclic) bond motifs is 3. The van der Waals surface area contributed by atoms with Crippen LogP contribution in [0.15, 0.2) is 84.9 Å². The molecule has 0 saturated carbocycles. The van der Waals surface area contributed by atoms with Gasteiger partial charge in [-0.3, -0.25) is 0 Å². The highest BCUT2D eigenvalue weighted by Crippen LogP contribution is 2.47. The first-order valence-electron chi connectivity index (χ1n) is 12.1. The fourth-order valence-electron chi connectivity index (χ4n) is 4.50. The van der Waals surface area contributed by atoms with E-state index in [0.717, 1.165) is 22.3 Å². The van der Waals surface area contributed by atoms with Crippen LogP contribution in [0, 0.1) is 0 Å². The molecule has 4 aromatic carbocycles. The van der Waals surface area contributed by atoms with Gasteiger partial charge in [0.25, 0.3) is 0 Å². The third-order valence-electron chi connectivity index (χ3n) is 6.42. The maximum Gasteiger partial charge on any atom is 0.343 e. The number of ether oxygens (including phenoxy) is 4. The van der Waals surface area contributed by atoms with Gasteiger partial charge in [0.1, 0.15) is 23.0 Å². The predicted molar refractivity (Wildman–Crippen MR) is 140 cm³/mol. The van der Waals surface area contributed by atoms with Crippen LogP contribution in [0.4, 0.5) is 0 Å². The van der Waals surface area contributed by atoms with E-state index in [2.05, 4.69) is 6.92 Å². The van der Waals surface area contributed by atoms with Gasteiger partial charge in [-0.25, -0.2) is 9.59 Å². The first kappa shape index (κ1) is 24.1. The molecule has 6 heteroatoms. The van der Waals surface area contributed by atoms with Crippen molar-refractivity contribution in [3.05, 3.63) is 107 Å². The Morgan fingerprint density at radius 1 is 0.649 bits per heavy atom. The molecular weight excluding hydrogens is 468 g/mol. The van der Waals surface area contributed by atoms with Crippen molar-refractivity contribution in [2.24, 2.45) is 0 Å². The van der Waals surface area contributed by atoms with Crippen molar-refractivity contribution >= 4 is 11.9 Å². The minimum Gasteiger partial charge on any atom is -0.497 e. The van der Waals surface area contributed by atoms with Crippen molar-refractivity contribution in [2.75, 3.05) is 13.7 Å². The number of methoxy groups -OCH3 is 1. The van der Waals surface area contributed by atoms with Gasteiger partial charge in [0.15, 0.2) is 0 Å². The van der Waals surface area contributed by atoms with Crippen molar-refractivity contribution in [2.45, 2.75) is 19.8 Å². The van der Waals surface area contributed by atoms with E-state index in [9.17, 15) is 9.59 Å². The molecule has 0 heterocycles. The van der Waals surface area contributed by atoms with E-state index in [1.807, 2.05) is 31.2 Å². The quantitative estimate of drug-likeness (QED) is 0.211. The minimum absolute atomic E-state index is 0.0359. The summed E-state index contributed by atoms with van der Waals surface area (Å²) in [7, 11) is 1.58. The molecular formula is C31H26O6. The average molecular weight is 495 g/mol. The van der Waals surface area contributed by atoms with Gasteiger partial charge in [-0.2, -0.15) is 0 Å². The van der Waals surface area contributed by atoms with E-state index in [-0.39, 0.29) is 5.92 Å². The zero-order valence-corrected chi connectivity index (χ0v) is 20.8. The Labute approximate surface area is 215 Å². The second-order valence-electron chi connectivity index (χ2n) is 8.68. The second kappa shape index (κ2) is 10.2. The van der Waals surface area contributed by atoms with E-state index < -0.39 is 11.9 Å². The summed E-state index contributed by atoms with van der Waals surface area (Å²) in [4.78, 5) is 25.3. The molecule has 0 amide bonds. The summed E-state index contributed by atoms with van der Waals surface area (Å²) in [6.45, 7) is 4.55. The Balaban J connectivity index is 1.31. The Morgan fingerprint density at radius 3 is 1.51 bits per heavy atom. The van der Waals surface area contributed by atoms with Crippen molar-refractivity contribution in [3.8, 4) is 34.1 Å². The van der Waals surface area contributed by atoms with Crippen LogP contribution in [0.1, 0.15) is 51.6 Å². The SMILES string of the molecule is CCOc1ccc(C(=O)Oc2ccc3c(c2)C(C)c2cc(OC(=O)c4ccc(OC)cc4)ccc2-3)cc1. The molecule has 37 heavy (non-hydrogen) atoms. The number of hydrogen-bond acceptors (Lipinski definition) is 6. The second-order valence-corrected chi connectivity index (χ2v) is 8.68. The lowest BCUT2D eigenvalue weighted by molar-refractivity contribution is 0.0725. The number of benzene rings is 4. The zero-order chi connectivity index (χ0) is 25.9. The Bertz CT molecular complexity index is 1450. The summed E-state index contributed by atoms with van der Waals surface area (Å²) in [5.41, 5.74) is 5.11. The summed E-state index contributed by atoms with van der Waals surface area (Å²) < 4.78 is 21.9. The van der Waals surface area contributed by atoms with Crippen molar-refractivity contribution < 1.29 is 28.5 Å². The van der Waals surface area contributed by atoms with Gasteiger partial charge in [-0.1, -0.05) is 19.1 Å². The number of carbonyl (C=O) groups excluding carboxylic acids is 2. The van der Waals surface area contributed by atoms with Crippen LogP contribution in [-0.4, -0.2) is 25.7 Å². The van der Waals surface area contributed by atoms with Gasteiger partial charge in [-0.15, -0.1) is 0 Å². The molecule has 0 N–H and O–H groups in total. The summed E-state index contributed by atoms with van der Waals surface area (Å²) in [5.74, 6) is 1.49. The Hall–Kier alpha value is -4.58. The summed E-state index contributed by atoms with van der Waals surface area (Å²) in [6.07, 6.45) is 0. The smallest absolute Gasteiger partial charge is 0.343 e. The maximum atomic E-state index is 12.7. The van der Waals surface area contributed by atoms with Gasteiger partial charge in [0, 0.05) is 5.92 Å². The van der Waals surface area contributed by atoms with Gasteiger partial charge in [0.05, 0.1) is 24.8 Å². The van der Waals surface area contributed by atoms with E-state index >= 15 is 0 Å². The topological polar surface area (TPSA) is 71.1 Å². The fourth-order valence-corrected chi connectivity index (χ4v) is 4.50. The van der Waals surface area contributed by atoms with Gasteiger partial charge in [0.2, 0.25) is 0 Å². The molecule has 1 aliphatic carbocycles. The van der Waals surface area contributed by atoms with Crippen LogP contribution in [0.3, 0.4) is 0 Å². The first-order chi connectivity index (χ1) is 18.0. The Kier molecular flexibility index (Phi) is 6.64. The fraction of sp³-hybridized carbons (Fsp3) is 0.161.